The van der Waals surface area contributed by atoms with E-state index in [2.05, 4.69) is 48.6 Å². The van der Waals surface area contributed by atoms with E-state index >= 15 is 0 Å². The van der Waals surface area contributed by atoms with Crippen molar-refractivity contribution >= 4 is 0 Å². The number of nitrogens with one attached hydrogen (secondary N) is 1. The molecule has 0 fully saturated rings. The SMILES string of the molecule is CC(Cc1ccccc1)NCc1ccc(CO)cc1. The van der Waals surface area contributed by atoms with E-state index in [1.54, 1.807) is 0 Å². The number of hydrogen-bond donors (Lipinski definition) is 2. The van der Waals surface area contributed by atoms with Crippen LogP contribution in [0.4, 0.5) is 0 Å². The third-order valence-corrected chi connectivity index (χ3v) is 3.24. The second kappa shape index (κ2) is 7.07. The first-order valence-corrected chi connectivity index (χ1v) is 6.74. The number of benzene rings is 2. The van der Waals surface area contributed by atoms with Crippen LogP contribution in [0, 0.1) is 0 Å². The van der Waals surface area contributed by atoms with Crippen molar-refractivity contribution in [3.63, 3.8) is 0 Å². The molecule has 0 aromatic heterocycles. The van der Waals surface area contributed by atoms with Crippen molar-refractivity contribution in [1.82, 2.24) is 5.32 Å². The van der Waals surface area contributed by atoms with Gasteiger partial charge in [-0.25, -0.2) is 0 Å². The van der Waals surface area contributed by atoms with E-state index in [0.29, 0.717) is 6.04 Å². The molecule has 0 radical (unpaired) electrons. The highest BCUT2D eigenvalue weighted by atomic mass is 16.3. The molecule has 0 saturated carbocycles. The number of aliphatic hydroxyl groups is 1. The van der Waals surface area contributed by atoms with E-state index in [-0.39, 0.29) is 6.61 Å². The van der Waals surface area contributed by atoms with Gasteiger partial charge in [0.05, 0.1) is 6.61 Å². The molecule has 0 amide bonds. The Morgan fingerprint density at radius 3 is 2.16 bits per heavy atom. The van der Waals surface area contributed by atoms with Gasteiger partial charge in [-0.2, -0.15) is 0 Å². The molecule has 1 atom stereocenters. The van der Waals surface area contributed by atoms with Gasteiger partial charge in [-0.1, -0.05) is 54.6 Å². The van der Waals surface area contributed by atoms with Gasteiger partial charge in [-0.3, -0.25) is 0 Å². The minimum absolute atomic E-state index is 0.109. The summed E-state index contributed by atoms with van der Waals surface area (Å²) in [6.45, 7) is 3.17. The van der Waals surface area contributed by atoms with Crippen LogP contribution in [0.3, 0.4) is 0 Å². The van der Waals surface area contributed by atoms with Gasteiger partial charge in [0.2, 0.25) is 0 Å². The fraction of sp³-hybridized carbons (Fsp3) is 0.294. The fourth-order valence-electron chi connectivity index (χ4n) is 2.09. The van der Waals surface area contributed by atoms with Gasteiger partial charge in [-0.15, -0.1) is 0 Å². The van der Waals surface area contributed by atoms with Crippen LogP contribution in [0.1, 0.15) is 23.6 Å². The number of hydrogen-bond acceptors (Lipinski definition) is 2. The lowest BCUT2D eigenvalue weighted by atomic mass is 10.1. The minimum atomic E-state index is 0.109. The summed E-state index contributed by atoms with van der Waals surface area (Å²) in [5, 5.41) is 12.5. The van der Waals surface area contributed by atoms with Crippen molar-refractivity contribution in [1.29, 1.82) is 0 Å². The van der Waals surface area contributed by atoms with Crippen LogP contribution in [0.2, 0.25) is 0 Å². The summed E-state index contributed by atoms with van der Waals surface area (Å²) >= 11 is 0. The molecule has 0 spiro atoms. The fourth-order valence-corrected chi connectivity index (χ4v) is 2.09. The van der Waals surface area contributed by atoms with Crippen LogP contribution in [-0.4, -0.2) is 11.1 Å². The molecule has 0 aliphatic carbocycles. The first-order valence-electron chi connectivity index (χ1n) is 6.74. The summed E-state index contributed by atoms with van der Waals surface area (Å²) in [4.78, 5) is 0. The Hall–Kier alpha value is -1.64. The molecule has 2 heteroatoms. The summed E-state index contributed by atoms with van der Waals surface area (Å²) in [5.74, 6) is 0. The minimum Gasteiger partial charge on any atom is -0.392 e. The molecule has 2 rings (SSSR count). The third-order valence-electron chi connectivity index (χ3n) is 3.24. The molecule has 0 aliphatic rings. The topological polar surface area (TPSA) is 32.3 Å². The van der Waals surface area contributed by atoms with Crippen LogP contribution in [-0.2, 0) is 19.6 Å². The summed E-state index contributed by atoms with van der Waals surface area (Å²) in [6, 6.07) is 19.0. The van der Waals surface area contributed by atoms with Crippen LogP contribution >= 0.6 is 0 Å². The van der Waals surface area contributed by atoms with E-state index in [9.17, 15) is 0 Å². The van der Waals surface area contributed by atoms with Gasteiger partial charge in [0, 0.05) is 12.6 Å². The second-order valence-corrected chi connectivity index (χ2v) is 4.95. The molecule has 2 N–H and O–H groups in total. The lowest BCUT2D eigenvalue weighted by Gasteiger charge is -2.14. The smallest absolute Gasteiger partial charge is 0.0681 e. The standard InChI is InChI=1S/C17H21NO/c1-14(11-15-5-3-2-4-6-15)18-12-16-7-9-17(13-19)10-8-16/h2-10,14,18-19H,11-13H2,1H3. The van der Waals surface area contributed by atoms with Gasteiger partial charge in [0.25, 0.3) is 0 Å². The van der Waals surface area contributed by atoms with Crippen molar-refractivity contribution in [3.8, 4) is 0 Å². The van der Waals surface area contributed by atoms with Crippen LogP contribution < -0.4 is 5.32 Å². The zero-order valence-corrected chi connectivity index (χ0v) is 11.3. The highest BCUT2D eigenvalue weighted by molar-refractivity contribution is 5.22. The lowest BCUT2D eigenvalue weighted by Crippen LogP contribution is -2.27. The maximum Gasteiger partial charge on any atom is 0.0681 e. The molecule has 2 aromatic carbocycles. The molecule has 0 aliphatic heterocycles. The highest BCUT2D eigenvalue weighted by Gasteiger charge is 2.03. The predicted octanol–water partition coefficient (Wildman–Crippen LogP) is 2.90. The maximum absolute atomic E-state index is 9.00. The van der Waals surface area contributed by atoms with Crippen LogP contribution in [0.5, 0.6) is 0 Å². The van der Waals surface area contributed by atoms with E-state index in [4.69, 9.17) is 5.11 Å². The maximum atomic E-state index is 9.00. The Morgan fingerprint density at radius 1 is 0.895 bits per heavy atom. The van der Waals surface area contributed by atoms with Gasteiger partial charge in [0.15, 0.2) is 0 Å². The molecular formula is C17H21NO. The normalized spacial score (nSPS) is 12.3. The number of rotatable bonds is 6. The monoisotopic (exact) mass is 255 g/mol. The first kappa shape index (κ1) is 13.8. The third kappa shape index (κ3) is 4.51. The Balaban J connectivity index is 1.81. The average molecular weight is 255 g/mol. The molecule has 2 nitrogen and oxygen atoms in total. The van der Waals surface area contributed by atoms with Crippen LogP contribution in [0.25, 0.3) is 0 Å². The summed E-state index contributed by atoms with van der Waals surface area (Å²) in [7, 11) is 0. The Bertz CT molecular complexity index is 478. The van der Waals surface area contributed by atoms with Crippen molar-refractivity contribution in [2.45, 2.75) is 32.5 Å². The Morgan fingerprint density at radius 2 is 1.53 bits per heavy atom. The van der Waals surface area contributed by atoms with E-state index in [1.165, 1.54) is 11.1 Å². The van der Waals surface area contributed by atoms with E-state index in [0.717, 1.165) is 18.5 Å². The Labute approximate surface area is 115 Å². The van der Waals surface area contributed by atoms with Gasteiger partial charge in [-0.05, 0) is 30.0 Å². The van der Waals surface area contributed by atoms with E-state index < -0.39 is 0 Å². The quantitative estimate of drug-likeness (QED) is 0.832. The average Bonchev–Trinajstić information content (AvgIpc) is 2.47. The van der Waals surface area contributed by atoms with Crippen molar-refractivity contribution in [3.05, 3.63) is 71.3 Å². The largest absolute Gasteiger partial charge is 0.392 e. The summed E-state index contributed by atoms with van der Waals surface area (Å²) in [5.41, 5.74) is 3.57. The molecular weight excluding hydrogens is 234 g/mol. The van der Waals surface area contributed by atoms with Gasteiger partial charge >= 0.3 is 0 Å². The Kier molecular flexibility index (Phi) is 5.13. The van der Waals surface area contributed by atoms with Crippen molar-refractivity contribution in [2.24, 2.45) is 0 Å². The predicted molar refractivity (Wildman–Crippen MR) is 78.8 cm³/mol. The van der Waals surface area contributed by atoms with Crippen molar-refractivity contribution < 1.29 is 5.11 Å². The number of aliphatic hydroxyl groups excluding tert-OH is 1. The summed E-state index contributed by atoms with van der Waals surface area (Å²) in [6.07, 6.45) is 1.04. The molecule has 0 saturated heterocycles. The molecule has 0 heterocycles. The molecule has 1 unspecified atom stereocenters. The zero-order chi connectivity index (χ0) is 13.5. The van der Waals surface area contributed by atoms with E-state index in [1.807, 2.05) is 18.2 Å². The van der Waals surface area contributed by atoms with Crippen LogP contribution in [0.15, 0.2) is 54.6 Å². The second-order valence-electron chi connectivity index (χ2n) is 4.95. The first-order chi connectivity index (χ1) is 9.28. The van der Waals surface area contributed by atoms with Gasteiger partial charge in [0.1, 0.15) is 0 Å². The van der Waals surface area contributed by atoms with Gasteiger partial charge < -0.3 is 10.4 Å². The molecule has 100 valence electrons. The summed E-state index contributed by atoms with van der Waals surface area (Å²) < 4.78 is 0. The molecule has 0 bridgehead atoms. The highest BCUT2D eigenvalue weighted by Crippen LogP contribution is 2.06. The van der Waals surface area contributed by atoms with Crippen molar-refractivity contribution in [2.75, 3.05) is 0 Å². The molecule has 2 aromatic rings. The zero-order valence-electron chi connectivity index (χ0n) is 11.3. The molecule has 19 heavy (non-hydrogen) atoms. The lowest BCUT2D eigenvalue weighted by molar-refractivity contribution is 0.282.